The number of phenols is 1. The smallest absolute Gasteiger partial charge is 0.305 e. The van der Waals surface area contributed by atoms with Crippen molar-refractivity contribution in [3.8, 4) is 5.75 Å². The molecule has 2 aliphatic rings. The van der Waals surface area contributed by atoms with E-state index in [1.807, 2.05) is 12.3 Å². The number of fused-ring (bicyclic) bond motifs is 1. The van der Waals surface area contributed by atoms with Gasteiger partial charge in [0.1, 0.15) is 22.9 Å². The summed E-state index contributed by atoms with van der Waals surface area (Å²) in [4.78, 5) is 23.3. The predicted molar refractivity (Wildman–Crippen MR) is 156 cm³/mol. The van der Waals surface area contributed by atoms with Gasteiger partial charge in [-0.3, -0.25) is 15.0 Å². The van der Waals surface area contributed by atoms with E-state index in [0.29, 0.717) is 28.8 Å². The molecule has 0 amide bonds. The molecular weight excluding hydrogens is 533 g/mol. The van der Waals surface area contributed by atoms with E-state index in [2.05, 4.69) is 44.7 Å². The van der Waals surface area contributed by atoms with Crippen molar-refractivity contribution >= 4 is 27.4 Å². The number of piperidine rings is 1. The van der Waals surface area contributed by atoms with E-state index in [9.17, 15) is 19.4 Å². The van der Waals surface area contributed by atoms with Crippen LogP contribution in [0.1, 0.15) is 36.5 Å². The highest BCUT2D eigenvalue weighted by atomic mass is 32.1. The van der Waals surface area contributed by atoms with Crippen LogP contribution in [0.5, 0.6) is 5.75 Å². The van der Waals surface area contributed by atoms with Gasteiger partial charge in [-0.1, -0.05) is 24.0 Å². The molecule has 4 heterocycles. The number of aliphatic hydroxyl groups excluding tert-OH is 1. The number of aliphatic hydroxyl groups is 1. The number of aromatic hydroxyl groups is 1. The Morgan fingerprint density at radius 1 is 1.35 bits per heavy atom. The first-order valence-corrected chi connectivity index (χ1v) is 14.4. The van der Waals surface area contributed by atoms with Gasteiger partial charge in [0.15, 0.2) is 0 Å². The van der Waals surface area contributed by atoms with Crippen molar-refractivity contribution in [2.45, 2.75) is 44.1 Å². The van der Waals surface area contributed by atoms with Gasteiger partial charge in [-0.05, 0) is 62.1 Å². The van der Waals surface area contributed by atoms with Crippen LogP contribution >= 0.6 is 11.3 Å². The summed E-state index contributed by atoms with van der Waals surface area (Å²) >= 11 is 0.951. The minimum absolute atomic E-state index is 0.0379. The quantitative estimate of drug-likeness (QED) is 0.288. The highest BCUT2D eigenvalue weighted by molar-refractivity contribution is 7.16. The molecule has 1 unspecified atom stereocenters. The number of phenolic OH excluding ortho intramolecular Hbond substituents is 1. The van der Waals surface area contributed by atoms with Crippen molar-refractivity contribution in [1.29, 1.82) is 0 Å². The Morgan fingerprint density at radius 2 is 2.15 bits per heavy atom. The maximum atomic E-state index is 14.0. The van der Waals surface area contributed by atoms with Gasteiger partial charge in [0.2, 0.25) is 0 Å². The van der Waals surface area contributed by atoms with Crippen LogP contribution in [0.15, 0.2) is 59.8 Å². The Balaban J connectivity index is 1.26. The van der Waals surface area contributed by atoms with E-state index in [4.69, 9.17) is 4.74 Å². The summed E-state index contributed by atoms with van der Waals surface area (Å²) in [6, 6.07) is 7.19. The number of nitrogens with zero attached hydrogens (tertiary/aromatic N) is 3. The van der Waals surface area contributed by atoms with Crippen LogP contribution in [-0.4, -0.2) is 76.2 Å². The minimum atomic E-state index is -0.932. The first kappa shape index (κ1) is 28.4. The monoisotopic (exact) mass is 569 g/mol. The average Bonchev–Trinajstić information content (AvgIpc) is 3.36. The number of hydrogen-bond donors (Lipinski definition) is 4. The van der Waals surface area contributed by atoms with Crippen LogP contribution in [-0.2, 0) is 4.74 Å². The molecule has 2 fully saturated rings. The van der Waals surface area contributed by atoms with Crippen molar-refractivity contribution in [2.24, 2.45) is 0 Å². The number of aryl methyl sites for hydroxylation is 1. The summed E-state index contributed by atoms with van der Waals surface area (Å²) in [6.07, 6.45) is 5.39. The molecule has 0 radical (unpaired) electrons. The Hall–Kier alpha value is -3.09. The van der Waals surface area contributed by atoms with Gasteiger partial charge in [-0.15, -0.1) is 0 Å². The number of aromatic amines is 1. The molecular formula is C29H36FN5O4S. The lowest BCUT2D eigenvalue weighted by Crippen LogP contribution is -2.59. The maximum Gasteiger partial charge on any atom is 0.305 e. The number of likely N-dealkylation sites (tertiary alicyclic amines) is 1. The molecule has 11 heteroatoms. The summed E-state index contributed by atoms with van der Waals surface area (Å²) in [5.74, 6) is 0.540. The van der Waals surface area contributed by atoms with Crippen molar-refractivity contribution in [1.82, 2.24) is 20.2 Å². The predicted octanol–water partition coefficient (Wildman–Crippen LogP) is 3.75. The molecule has 1 aromatic carbocycles. The number of pyridine rings is 1. The number of ether oxygens (including phenoxy) is 1. The SMILES string of the molecule is C=C/C(F)=C\CC(NC[C@H](O)c1ccc(O)c2[nH]c(=O)sc12)N1CCC2(CC1)CN(c1cc(C)ccn1)CCO2. The Kier molecular flexibility index (Phi) is 8.67. The van der Waals surface area contributed by atoms with Gasteiger partial charge in [0.25, 0.3) is 0 Å². The Bertz CT molecular complexity index is 1430. The fraction of sp³-hybridized carbons (Fsp3) is 0.448. The number of halogens is 1. The Labute approximate surface area is 236 Å². The van der Waals surface area contributed by atoms with Gasteiger partial charge < -0.3 is 24.8 Å². The minimum Gasteiger partial charge on any atom is -0.506 e. The molecule has 3 aromatic rings. The zero-order chi connectivity index (χ0) is 28.3. The van der Waals surface area contributed by atoms with E-state index in [1.165, 1.54) is 23.8 Å². The van der Waals surface area contributed by atoms with E-state index in [-0.39, 0.29) is 28.9 Å². The van der Waals surface area contributed by atoms with Gasteiger partial charge in [0.05, 0.1) is 29.2 Å². The van der Waals surface area contributed by atoms with Gasteiger partial charge in [-0.25, -0.2) is 9.37 Å². The van der Waals surface area contributed by atoms with E-state index in [0.717, 1.165) is 56.2 Å². The molecule has 0 aliphatic carbocycles. The van der Waals surface area contributed by atoms with E-state index >= 15 is 0 Å². The summed E-state index contributed by atoms with van der Waals surface area (Å²) in [5.41, 5.74) is 1.78. The molecule has 1 spiro atoms. The second-order valence-corrected chi connectivity index (χ2v) is 11.5. The number of morpholine rings is 1. The third-order valence-electron chi connectivity index (χ3n) is 7.85. The molecule has 2 aliphatic heterocycles. The molecule has 40 heavy (non-hydrogen) atoms. The number of H-pyrrole nitrogens is 1. The molecule has 0 bridgehead atoms. The number of thiazole rings is 1. The van der Waals surface area contributed by atoms with Gasteiger partial charge in [-0.2, -0.15) is 0 Å². The van der Waals surface area contributed by atoms with Crippen molar-refractivity contribution in [2.75, 3.05) is 44.2 Å². The van der Waals surface area contributed by atoms with Crippen LogP contribution in [0.4, 0.5) is 10.2 Å². The second kappa shape index (κ2) is 12.2. The largest absolute Gasteiger partial charge is 0.506 e. The van der Waals surface area contributed by atoms with Crippen molar-refractivity contribution < 1.29 is 19.3 Å². The first-order valence-electron chi connectivity index (χ1n) is 13.6. The molecule has 5 rings (SSSR count). The number of rotatable bonds is 9. The topological polar surface area (TPSA) is 114 Å². The number of aromatic nitrogens is 2. The molecule has 0 saturated carbocycles. The summed E-state index contributed by atoms with van der Waals surface area (Å²) in [5, 5.41) is 24.5. The maximum absolute atomic E-state index is 14.0. The van der Waals surface area contributed by atoms with E-state index in [1.54, 1.807) is 6.07 Å². The van der Waals surface area contributed by atoms with Crippen molar-refractivity contribution in [3.63, 3.8) is 0 Å². The van der Waals surface area contributed by atoms with Crippen molar-refractivity contribution in [3.05, 3.63) is 75.8 Å². The molecule has 2 atom stereocenters. The number of nitrogens with one attached hydrogen (secondary N) is 2. The van der Waals surface area contributed by atoms with E-state index < -0.39 is 11.9 Å². The first-order chi connectivity index (χ1) is 19.3. The molecule has 2 saturated heterocycles. The molecule has 214 valence electrons. The number of hydrogen-bond acceptors (Lipinski definition) is 9. The zero-order valence-electron chi connectivity index (χ0n) is 22.6. The third kappa shape index (κ3) is 6.29. The fourth-order valence-corrected chi connectivity index (χ4v) is 6.53. The van der Waals surface area contributed by atoms with Crippen LogP contribution in [0.25, 0.3) is 10.2 Å². The number of anilines is 1. The average molecular weight is 570 g/mol. The highest BCUT2D eigenvalue weighted by Crippen LogP contribution is 2.34. The molecule has 4 N–H and O–H groups in total. The number of allylic oxidation sites excluding steroid dienone is 2. The van der Waals surface area contributed by atoms with Crippen LogP contribution in [0, 0.1) is 6.92 Å². The molecule has 2 aromatic heterocycles. The lowest BCUT2D eigenvalue weighted by molar-refractivity contribution is -0.0978. The standard InChI is InChI=1S/C29H36FN5O4S/c1-3-20(30)4-7-24(32-17-23(37)21-5-6-22(36)26-27(21)40-28(38)33-26)34-12-9-29(10-13-34)18-35(14-15-39-29)25-16-19(2)8-11-31-25/h3-6,8,11,16,23-24,32,36-37H,1,7,9-10,12-15,17-18H2,2H3,(H,33,38)/b20-4+/t23-,24?/m0/s1. The normalized spacial score (nSPS) is 19.7. The Morgan fingerprint density at radius 3 is 2.90 bits per heavy atom. The van der Waals surface area contributed by atoms with Crippen LogP contribution in [0.3, 0.4) is 0 Å². The van der Waals surface area contributed by atoms with Gasteiger partial charge in [0, 0.05) is 44.5 Å². The summed E-state index contributed by atoms with van der Waals surface area (Å²) < 4.78 is 20.9. The third-order valence-corrected chi connectivity index (χ3v) is 8.78. The van der Waals surface area contributed by atoms with Crippen LogP contribution in [0.2, 0.25) is 0 Å². The summed E-state index contributed by atoms with van der Waals surface area (Å²) in [7, 11) is 0. The summed E-state index contributed by atoms with van der Waals surface area (Å²) in [6.45, 7) is 9.47. The van der Waals surface area contributed by atoms with Crippen LogP contribution < -0.4 is 15.1 Å². The fourth-order valence-electron chi connectivity index (χ4n) is 5.61. The number of benzene rings is 1. The lowest BCUT2D eigenvalue weighted by atomic mass is 9.88. The lowest BCUT2D eigenvalue weighted by Gasteiger charge is -2.49. The highest BCUT2D eigenvalue weighted by Gasteiger charge is 2.41. The molecule has 9 nitrogen and oxygen atoms in total. The second-order valence-electron chi connectivity index (χ2n) is 10.5. The zero-order valence-corrected chi connectivity index (χ0v) is 23.4. The van der Waals surface area contributed by atoms with Gasteiger partial charge >= 0.3 is 4.87 Å².